The molecule has 0 saturated carbocycles. The molecule has 0 spiro atoms. The molecule has 1 aromatic heterocycles. The van der Waals surface area contributed by atoms with Crippen LogP contribution in [0.5, 0.6) is 17.2 Å². The largest absolute Gasteiger partial charge is 0.508 e. The van der Waals surface area contributed by atoms with E-state index in [2.05, 4.69) is 10.4 Å². The molecular formula is C27H28N4O4. The van der Waals surface area contributed by atoms with Gasteiger partial charge in [-0.3, -0.25) is 4.79 Å². The zero-order chi connectivity index (χ0) is 24.9. The zero-order valence-electron chi connectivity index (χ0n) is 19.9. The second kappa shape index (κ2) is 10.2. The van der Waals surface area contributed by atoms with Crippen molar-refractivity contribution in [1.82, 2.24) is 14.7 Å². The molecule has 0 saturated heterocycles. The lowest BCUT2D eigenvalue weighted by molar-refractivity contribution is 0.0783. The van der Waals surface area contributed by atoms with Gasteiger partial charge in [0.15, 0.2) is 0 Å². The van der Waals surface area contributed by atoms with Gasteiger partial charge in [0.25, 0.3) is 5.91 Å². The topological polar surface area (TPSA) is 99.9 Å². The van der Waals surface area contributed by atoms with Crippen molar-refractivity contribution in [2.24, 2.45) is 0 Å². The van der Waals surface area contributed by atoms with Crippen LogP contribution in [0.4, 0.5) is 11.5 Å². The normalized spacial score (nSPS) is 10.7. The number of carbonyl (C=O) groups is 1. The maximum Gasteiger partial charge on any atom is 0.259 e. The van der Waals surface area contributed by atoms with Crippen LogP contribution >= 0.6 is 0 Å². The Morgan fingerprint density at radius 3 is 2.43 bits per heavy atom. The maximum absolute atomic E-state index is 13.3. The molecule has 0 bridgehead atoms. The second-order valence-corrected chi connectivity index (χ2v) is 8.34. The van der Waals surface area contributed by atoms with E-state index in [4.69, 9.17) is 4.74 Å². The highest BCUT2D eigenvalue weighted by atomic mass is 16.5. The van der Waals surface area contributed by atoms with E-state index in [0.717, 1.165) is 28.6 Å². The van der Waals surface area contributed by atoms with E-state index in [0.29, 0.717) is 18.9 Å². The number of methoxy groups -OCH3 is 1. The van der Waals surface area contributed by atoms with E-state index in [-0.39, 0.29) is 28.7 Å². The Morgan fingerprint density at radius 2 is 1.74 bits per heavy atom. The minimum absolute atomic E-state index is 0.0658. The van der Waals surface area contributed by atoms with E-state index in [1.165, 1.54) is 11.0 Å². The van der Waals surface area contributed by atoms with Gasteiger partial charge in [0.05, 0.1) is 25.0 Å². The van der Waals surface area contributed by atoms with Gasteiger partial charge in [-0.1, -0.05) is 42.5 Å². The van der Waals surface area contributed by atoms with E-state index in [1.54, 1.807) is 18.8 Å². The highest BCUT2D eigenvalue weighted by Gasteiger charge is 2.23. The average molecular weight is 473 g/mol. The number of nitrogens with zero attached hydrogens (tertiary/aromatic N) is 3. The molecule has 0 unspecified atom stereocenters. The first kappa shape index (κ1) is 23.7. The molecule has 1 heterocycles. The molecule has 0 aliphatic rings. The molecule has 0 atom stereocenters. The van der Waals surface area contributed by atoms with Crippen LogP contribution in [-0.4, -0.2) is 45.0 Å². The van der Waals surface area contributed by atoms with Crippen molar-refractivity contribution in [3.05, 3.63) is 95.2 Å². The molecule has 3 aromatic carbocycles. The van der Waals surface area contributed by atoms with Crippen molar-refractivity contribution in [1.29, 1.82) is 0 Å². The summed E-state index contributed by atoms with van der Waals surface area (Å²) in [6, 6.07) is 21.7. The van der Waals surface area contributed by atoms with Crippen LogP contribution in [0.25, 0.3) is 0 Å². The molecule has 1 amide bonds. The Balaban J connectivity index is 1.63. The third-order valence-electron chi connectivity index (χ3n) is 5.58. The number of amides is 1. The monoisotopic (exact) mass is 472 g/mol. The van der Waals surface area contributed by atoms with Gasteiger partial charge in [0, 0.05) is 31.8 Å². The quantitative estimate of drug-likeness (QED) is 0.345. The van der Waals surface area contributed by atoms with Gasteiger partial charge in [0.1, 0.15) is 28.6 Å². The number of phenols is 2. The lowest BCUT2D eigenvalue weighted by Crippen LogP contribution is -2.27. The van der Waals surface area contributed by atoms with Crippen molar-refractivity contribution >= 4 is 17.4 Å². The highest BCUT2D eigenvalue weighted by Crippen LogP contribution is 2.34. The fraction of sp³-hybridized carbons (Fsp3) is 0.185. The smallest absolute Gasteiger partial charge is 0.259 e. The number of anilines is 2. The van der Waals surface area contributed by atoms with Crippen molar-refractivity contribution in [2.45, 2.75) is 20.0 Å². The van der Waals surface area contributed by atoms with E-state index < -0.39 is 0 Å². The van der Waals surface area contributed by atoms with Crippen molar-refractivity contribution in [3.8, 4) is 17.2 Å². The predicted molar refractivity (Wildman–Crippen MR) is 134 cm³/mol. The Kier molecular flexibility index (Phi) is 6.91. The standard InChI is InChI=1S/C27H28N4O4/c1-18-13-25(31(29-18)17-20-9-11-22(35-3)12-10-20)28-23-14-21(32)15-24(33)26(23)27(34)30(2)16-19-7-5-4-6-8-19/h4-15,28,32-33H,16-17H2,1-3H3. The number of carbonyl (C=O) groups excluding carboxylic acids is 1. The fourth-order valence-electron chi connectivity index (χ4n) is 3.86. The molecular weight excluding hydrogens is 444 g/mol. The van der Waals surface area contributed by atoms with Gasteiger partial charge in [-0.2, -0.15) is 5.10 Å². The van der Waals surface area contributed by atoms with E-state index in [1.807, 2.05) is 67.6 Å². The number of nitrogens with one attached hydrogen (secondary N) is 1. The van der Waals surface area contributed by atoms with Crippen molar-refractivity contribution in [2.75, 3.05) is 19.5 Å². The van der Waals surface area contributed by atoms with Gasteiger partial charge in [0.2, 0.25) is 0 Å². The van der Waals surface area contributed by atoms with Crippen LogP contribution in [-0.2, 0) is 13.1 Å². The first-order chi connectivity index (χ1) is 16.8. The first-order valence-electron chi connectivity index (χ1n) is 11.1. The van der Waals surface area contributed by atoms with Crippen LogP contribution in [0.2, 0.25) is 0 Å². The summed E-state index contributed by atoms with van der Waals surface area (Å²) in [5, 5.41) is 28.5. The zero-order valence-corrected chi connectivity index (χ0v) is 19.9. The molecule has 180 valence electrons. The van der Waals surface area contributed by atoms with Gasteiger partial charge in [-0.15, -0.1) is 0 Å². The summed E-state index contributed by atoms with van der Waals surface area (Å²) < 4.78 is 6.99. The van der Waals surface area contributed by atoms with Crippen LogP contribution in [0.3, 0.4) is 0 Å². The molecule has 8 heteroatoms. The lowest BCUT2D eigenvalue weighted by Gasteiger charge is -2.21. The summed E-state index contributed by atoms with van der Waals surface area (Å²) in [7, 11) is 3.29. The second-order valence-electron chi connectivity index (χ2n) is 8.34. The van der Waals surface area contributed by atoms with Crippen LogP contribution in [0.15, 0.2) is 72.8 Å². The third kappa shape index (κ3) is 5.55. The van der Waals surface area contributed by atoms with Gasteiger partial charge in [-0.25, -0.2) is 4.68 Å². The molecule has 0 fully saturated rings. The maximum atomic E-state index is 13.3. The molecule has 0 aliphatic heterocycles. The third-order valence-corrected chi connectivity index (χ3v) is 5.58. The molecule has 35 heavy (non-hydrogen) atoms. The number of hydrogen-bond donors (Lipinski definition) is 3. The minimum atomic E-state index is -0.383. The molecule has 4 rings (SSSR count). The Hall–Kier alpha value is -4.46. The number of ether oxygens (including phenoxy) is 1. The summed E-state index contributed by atoms with van der Waals surface area (Å²) >= 11 is 0. The number of benzene rings is 3. The Morgan fingerprint density at radius 1 is 1.03 bits per heavy atom. The number of aromatic nitrogens is 2. The van der Waals surface area contributed by atoms with E-state index >= 15 is 0 Å². The number of aromatic hydroxyl groups is 2. The summed E-state index contributed by atoms with van der Waals surface area (Å²) in [5.41, 5.74) is 3.10. The number of hydrogen-bond acceptors (Lipinski definition) is 6. The number of phenolic OH excluding ortho intramolecular Hbond substituents is 2. The molecule has 4 aromatic rings. The summed E-state index contributed by atoms with van der Waals surface area (Å²) in [4.78, 5) is 14.9. The summed E-state index contributed by atoms with van der Waals surface area (Å²) in [5.74, 6) is 0.525. The number of rotatable bonds is 8. The summed E-state index contributed by atoms with van der Waals surface area (Å²) in [6.45, 7) is 2.71. The lowest BCUT2D eigenvalue weighted by atomic mass is 10.1. The van der Waals surface area contributed by atoms with Crippen molar-refractivity contribution < 1.29 is 19.7 Å². The fourth-order valence-corrected chi connectivity index (χ4v) is 3.86. The minimum Gasteiger partial charge on any atom is -0.508 e. The average Bonchev–Trinajstić information content (AvgIpc) is 3.17. The van der Waals surface area contributed by atoms with Crippen molar-refractivity contribution in [3.63, 3.8) is 0 Å². The Labute approximate surface area is 204 Å². The first-order valence-corrected chi connectivity index (χ1v) is 11.1. The SMILES string of the molecule is COc1ccc(Cn2nc(C)cc2Nc2cc(O)cc(O)c2C(=O)N(C)Cc2ccccc2)cc1. The molecule has 0 radical (unpaired) electrons. The Bertz CT molecular complexity index is 1320. The predicted octanol–water partition coefficient (Wildman–Crippen LogP) is 4.68. The number of aryl methyl sites for hydroxylation is 1. The molecule has 8 nitrogen and oxygen atoms in total. The van der Waals surface area contributed by atoms with Gasteiger partial charge >= 0.3 is 0 Å². The molecule has 0 aliphatic carbocycles. The summed E-state index contributed by atoms with van der Waals surface area (Å²) in [6.07, 6.45) is 0. The van der Waals surface area contributed by atoms with Crippen LogP contribution in [0.1, 0.15) is 27.2 Å². The molecule has 3 N–H and O–H groups in total. The van der Waals surface area contributed by atoms with Gasteiger partial charge in [-0.05, 0) is 30.2 Å². The van der Waals surface area contributed by atoms with Gasteiger partial charge < -0.3 is 25.2 Å². The highest BCUT2D eigenvalue weighted by molar-refractivity contribution is 6.03. The van der Waals surface area contributed by atoms with Crippen LogP contribution in [0, 0.1) is 6.92 Å². The van der Waals surface area contributed by atoms with E-state index in [9.17, 15) is 15.0 Å². The van der Waals surface area contributed by atoms with Crippen LogP contribution < -0.4 is 10.1 Å².